The van der Waals surface area contributed by atoms with Gasteiger partial charge < -0.3 is 5.32 Å². The van der Waals surface area contributed by atoms with Gasteiger partial charge in [-0.3, -0.25) is 9.78 Å². The van der Waals surface area contributed by atoms with Crippen LogP contribution in [0.1, 0.15) is 21.6 Å². The van der Waals surface area contributed by atoms with E-state index in [1.54, 1.807) is 24.3 Å². The minimum absolute atomic E-state index is 0.0474. The van der Waals surface area contributed by atoms with Crippen LogP contribution in [0.2, 0.25) is 0 Å². The van der Waals surface area contributed by atoms with E-state index in [2.05, 4.69) is 10.3 Å². The summed E-state index contributed by atoms with van der Waals surface area (Å²) in [7, 11) is 0. The van der Waals surface area contributed by atoms with Gasteiger partial charge >= 0.3 is 6.18 Å². The van der Waals surface area contributed by atoms with E-state index < -0.39 is 40.8 Å². The van der Waals surface area contributed by atoms with Gasteiger partial charge in [-0.2, -0.15) is 13.2 Å². The van der Waals surface area contributed by atoms with Gasteiger partial charge in [-0.25, -0.2) is 13.2 Å². The van der Waals surface area contributed by atoms with Crippen LogP contribution >= 0.6 is 0 Å². The fraction of sp³-hybridized carbons (Fsp3) is 0.143. The van der Waals surface area contributed by atoms with Crippen LogP contribution in [0, 0.1) is 17.5 Å². The predicted octanol–water partition coefficient (Wildman–Crippen LogP) is 5.16. The quantitative estimate of drug-likeness (QED) is 0.454. The lowest BCUT2D eigenvalue weighted by molar-refractivity contribution is -0.141. The van der Waals surface area contributed by atoms with Gasteiger partial charge in [0.2, 0.25) is 0 Å². The molecular formula is C21H14F6N2O. The maximum atomic E-state index is 13.6. The lowest BCUT2D eigenvalue weighted by atomic mass is 9.97. The van der Waals surface area contributed by atoms with E-state index in [0.29, 0.717) is 11.1 Å². The van der Waals surface area contributed by atoms with Crippen molar-refractivity contribution in [2.75, 3.05) is 6.54 Å². The molecule has 0 spiro atoms. The summed E-state index contributed by atoms with van der Waals surface area (Å²) in [6.07, 6.45) is -3.68. The van der Waals surface area contributed by atoms with Crippen molar-refractivity contribution in [3.8, 4) is 11.1 Å². The average molecular weight is 424 g/mol. The number of rotatable bonds is 5. The molecule has 1 amide bonds. The van der Waals surface area contributed by atoms with Crippen molar-refractivity contribution in [1.29, 1.82) is 0 Å². The summed E-state index contributed by atoms with van der Waals surface area (Å²) in [4.78, 5) is 15.4. The minimum Gasteiger partial charge on any atom is -0.352 e. The number of amides is 1. The summed E-state index contributed by atoms with van der Waals surface area (Å²) in [5, 5.41) is 2.38. The van der Waals surface area contributed by atoms with Gasteiger partial charge in [0.05, 0.1) is 5.56 Å². The second-order valence-electron chi connectivity index (χ2n) is 6.31. The SMILES string of the molecule is O=C(NCCc1ccccc1-c1cc(F)c(F)c(F)c1)c1cccnc1C(F)(F)F. The zero-order valence-electron chi connectivity index (χ0n) is 15.2. The third-order valence-electron chi connectivity index (χ3n) is 4.31. The van der Waals surface area contributed by atoms with E-state index in [4.69, 9.17) is 0 Å². The molecule has 1 heterocycles. The molecule has 2 aromatic carbocycles. The molecule has 0 aliphatic carbocycles. The summed E-state index contributed by atoms with van der Waals surface area (Å²) in [6, 6.07) is 10.4. The first-order chi connectivity index (χ1) is 14.2. The number of nitrogens with zero attached hydrogens (tertiary/aromatic N) is 1. The molecule has 0 aliphatic heterocycles. The van der Waals surface area contributed by atoms with Crippen LogP contribution in [-0.4, -0.2) is 17.4 Å². The van der Waals surface area contributed by atoms with Gasteiger partial charge in [0, 0.05) is 12.7 Å². The number of halogens is 6. The maximum absolute atomic E-state index is 13.6. The normalized spacial score (nSPS) is 11.4. The second kappa shape index (κ2) is 8.56. The molecule has 0 fully saturated rings. The Bertz CT molecular complexity index is 1060. The van der Waals surface area contributed by atoms with E-state index >= 15 is 0 Å². The minimum atomic E-state index is -4.78. The van der Waals surface area contributed by atoms with Crippen LogP contribution in [0.3, 0.4) is 0 Å². The third kappa shape index (κ3) is 4.61. The molecule has 3 aromatic rings. The van der Waals surface area contributed by atoms with Crippen molar-refractivity contribution >= 4 is 5.91 Å². The highest BCUT2D eigenvalue weighted by atomic mass is 19.4. The zero-order chi connectivity index (χ0) is 21.9. The van der Waals surface area contributed by atoms with Crippen LogP contribution in [0.4, 0.5) is 26.3 Å². The predicted molar refractivity (Wildman–Crippen MR) is 97.0 cm³/mol. The Balaban J connectivity index is 1.77. The van der Waals surface area contributed by atoms with Crippen LogP contribution in [0.25, 0.3) is 11.1 Å². The summed E-state index contributed by atoms with van der Waals surface area (Å²) < 4.78 is 79.3. The van der Waals surface area contributed by atoms with Gasteiger partial charge in [0.15, 0.2) is 23.1 Å². The number of carbonyl (C=O) groups excluding carboxylic acids is 1. The first-order valence-electron chi connectivity index (χ1n) is 8.71. The smallest absolute Gasteiger partial charge is 0.352 e. The van der Waals surface area contributed by atoms with Gasteiger partial charge in [0.25, 0.3) is 5.91 Å². The summed E-state index contributed by atoms with van der Waals surface area (Å²) in [6.45, 7) is -0.0474. The second-order valence-corrected chi connectivity index (χ2v) is 6.31. The Morgan fingerprint density at radius 3 is 2.30 bits per heavy atom. The highest BCUT2D eigenvalue weighted by molar-refractivity contribution is 5.95. The summed E-state index contributed by atoms with van der Waals surface area (Å²) in [5.41, 5.74) is -0.839. The molecule has 30 heavy (non-hydrogen) atoms. The molecule has 0 saturated carbocycles. The van der Waals surface area contributed by atoms with Crippen LogP contribution in [0.5, 0.6) is 0 Å². The van der Waals surface area contributed by atoms with Crippen LogP contribution in [0.15, 0.2) is 54.7 Å². The molecule has 0 unspecified atom stereocenters. The summed E-state index contributed by atoms with van der Waals surface area (Å²) in [5.74, 6) is -5.22. The van der Waals surface area contributed by atoms with Crippen molar-refractivity contribution in [2.24, 2.45) is 0 Å². The van der Waals surface area contributed by atoms with E-state index in [-0.39, 0.29) is 18.5 Å². The van der Waals surface area contributed by atoms with Gasteiger partial charge in [-0.15, -0.1) is 0 Å². The highest BCUT2D eigenvalue weighted by Gasteiger charge is 2.36. The number of nitrogens with one attached hydrogen (secondary N) is 1. The lowest BCUT2D eigenvalue weighted by Gasteiger charge is -2.13. The van der Waals surface area contributed by atoms with Crippen LogP contribution in [-0.2, 0) is 12.6 Å². The van der Waals surface area contributed by atoms with Crippen molar-refractivity contribution in [1.82, 2.24) is 10.3 Å². The molecule has 1 aromatic heterocycles. The standard InChI is InChI=1S/C21H14F6N2O/c22-16-10-13(11-17(23)18(16)24)14-5-2-1-4-12(14)7-9-29-20(30)15-6-3-8-28-19(15)21(25,26)27/h1-6,8,10-11H,7,9H2,(H,29,30). The van der Waals surface area contributed by atoms with E-state index in [0.717, 1.165) is 24.4 Å². The number of aromatic nitrogens is 1. The monoisotopic (exact) mass is 424 g/mol. The molecular weight excluding hydrogens is 410 g/mol. The molecule has 0 bridgehead atoms. The number of hydrogen-bond donors (Lipinski definition) is 1. The van der Waals surface area contributed by atoms with E-state index in [1.807, 2.05) is 0 Å². The maximum Gasteiger partial charge on any atom is 0.434 e. The Morgan fingerprint density at radius 1 is 0.967 bits per heavy atom. The number of alkyl halides is 3. The Morgan fingerprint density at radius 2 is 1.63 bits per heavy atom. The van der Waals surface area contributed by atoms with Gasteiger partial charge in [-0.1, -0.05) is 24.3 Å². The van der Waals surface area contributed by atoms with Gasteiger partial charge in [-0.05, 0) is 47.4 Å². The average Bonchev–Trinajstić information content (AvgIpc) is 2.71. The van der Waals surface area contributed by atoms with Crippen LogP contribution < -0.4 is 5.32 Å². The Hall–Kier alpha value is -3.36. The van der Waals surface area contributed by atoms with Crippen molar-refractivity contribution in [3.63, 3.8) is 0 Å². The molecule has 156 valence electrons. The summed E-state index contributed by atoms with van der Waals surface area (Å²) >= 11 is 0. The van der Waals surface area contributed by atoms with Crippen molar-refractivity contribution in [3.05, 3.63) is 89.0 Å². The fourth-order valence-electron chi connectivity index (χ4n) is 2.95. The first kappa shape index (κ1) is 21.4. The molecule has 0 radical (unpaired) electrons. The number of carbonyl (C=O) groups is 1. The Labute approximate surface area is 167 Å². The fourth-order valence-corrected chi connectivity index (χ4v) is 2.95. The molecule has 1 N–H and O–H groups in total. The highest BCUT2D eigenvalue weighted by Crippen LogP contribution is 2.30. The zero-order valence-corrected chi connectivity index (χ0v) is 15.2. The molecule has 3 nitrogen and oxygen atoms in total. The number of benzene rings is 2. The van der Waals surface area contributed by atoms with E-state index in [9.17, 15) is 31.1 Å². The molecule has 0 atom stereocenters. The third-order valence-corrected chi connectivity index (χ3v) is 4.31. The number of pyridine rings is 1. The first-order valence-corrected chi connectivity index (χ1v) is 8.71. The number of hydrogen-bond acceptors (Lipinski definition) is 2. The molecule has 9 heteroatoms. The molecule has 0 saturated heterocycles. The van der Waals surface area contributed by atoms with Crippen molar-refractivity contribution in [2.45, 2.75) is 12.6 Å². The van der Waals surface area contributed by atoms with Crippen molar-refractivity contribution < 1.29 is 31.1 Å². The molecule has 0 aliphatic rings. The van der Waals surface area contributed by atoms with Gasteiger partial charge in [0.1, 0.15) is 0 Å². The largest absolute Gasteiger partial charge is 0.434 e. The molecule has 3 rings (SSSR count). The topological polar surface area (TPSA) is 42.0 Å². The lowest BCUT2D eigenvalue weighted by Crippen LogP contribution is -2.28. The Kier molecular flexibility index (Phi) is 6.09. The van der Waals surface area contributed by atoms with E-state index in [1.165, 1.54) is 6.07 Å².